The van der Waals surface area contributed by atoms with Crippen molar-refractivity contribution in [3.05, 3.63) is 82.0 Å². The Morgan fingerprint density at radius 2 is 1.65 bits per heavy atom. The van der Waals surface area contributed by atoms with Crippen molar-refractivity contribution in [2.45, 2.75) is 51.1 Å². The number of benzene rings is 2. The number of amides is 4. The van der Waals surface area contributed by atoms with Gasteiger partial charge in [0.05, 0.1) is 36.3 Å². The van der Waals surface area contributed by atoms with E-state index >= 15 is 0 Å². The molecule has 8 rings (SSSR count). The molecule has 2 atom stereocenters. The Bertz CT molecular complexity index is 2320. The van der Waals surface area contributed by atoms with Crippen molar-refractivity contribution in [1.82, 2.24) is 29.6 Å². The van der Waals surface area contributed by atoms with Crippen LogP contribution in [0.3, 0.4) is 0 Å². The molecule has 0 saturated carbocycles. The van der Waals surface area contributed by atoms with Gasteiger partial charge in [-0.3, -0.25) is 39.2 Å². The number of carbonyl (C=O) groups is 4. The number of nitrogens with zero attached hydrogens (tertiary/aromatic N) is 6. The van der Waals surface area contributed by atoms with Gasteiger partial charge < -0.3 is 28.7 Å². The zero-order valence-electron chi connectivity index (χ0n) is 33.0. The summed E-state index contributed by atoms with van der Waals surface area (Å²) in [5.41, 5.74) is 4.41. The first-order valence-corrected chi connectivity index (χ1v) is 19.7. The molecule has 298 valence electrons. The number of pyridine rings is 2. The number of anilines is 1. The van der Waals surface area contributed by atoms with Crippen LogP contribution in [0.1, 0.15) is 64.8 Å². The fourth-order valence-electron chi connectivity index (χ4n) is 9.27. The number of carbonyl (C=O) groups excluding carboxylic acids is 4. The molecular formula is C43H49N7O7. The van der Waals surface area contributed by atoms with E-state index < -0.39 is 23.8 Å². The van der Waals surface area contributed by atoms with Crippen LogP contribution in [0.4, 0.5) is 5.69 Å². The number of hydrogen-bond acceptors (Lipinski definition) is 11. The summed E-state index contributed by atoms with van der Waals surface area (Å²) in [5, 5.41) is 3.64. The van der Waals surface area contributed by atoms with Crippen LogP contribution >= 0.6 is 0 Å². The highest BCUT2D eigenvalue weighted by molar-refractivity contribution is 6.23. The molecule has 0 bridgehead atoms. The predicted molar refractivity (Wildman–Crippen MR) is 215 cm³/mol. The topological polar surface area (TPSA) is 147 Å². The van der Waals surface area contributed by atoms with E-state index in [-0.39, 0.29) is 29.7 Å². The average Bonchev–Trinajstić information content (AvgIpc) is 3.89. The normalized spacial score (nSPS) is 21.0. The largest absolute Gasteiger partial charge is 0.496 e. The van der Waals surface area contributed by atoms with Crippen LogP contribution in [-0.2, 0) is 23.2 Å². The van der Waals surface area contributed by atoms with Crippen LogP contribution < -0.4 is 25.2 Å². The Kier molecular flexibility index (Phi) is 10.3. The number of nitrogens with one attached hydrogen (secondary N) is 1. The quantitative estimate of drug-likeness (QED) is 0.166. The van der Waals surface area contributed by atoms with Gasteiger partial charge in [0.25, 0.3) is 17.4 Å². The maximum atomic E-state index is 13.4. The summed E-state index contributed by atoms with van der Waals surface area (Å²) in [4.78, 5) is 75.9. The Balaban J connectivity index is 0.843. The first-order chi connectivity index (χ1) is 27.5. The molecule has 14 heteroatoms. The molecule has 2 aromatic heterocycles. The van der Waals surface area contributed by atoms with E-state index in [1.165, 1.54) is 0 Å². The van der Waals surface area contributed by atoms with Gasteiger partial charge >= 0.3 is 0 Å². The van der Waals surface area contributed by atoms with Crippen LogP contribution in [0, 0.1) is 5.41 Å². The molecule has 14 nitrogen and oxygen atoms in total. The number of aryl methyl sites for hydroxylation is 1. The molecule has 2 aromatic carbocycles. The second-order valence-electron chi connectivity index (χ2n) is 16.1. The number of likely N-dealkylation sites (tertiary alicyclic amines) is 1. The van der Waals surface area contributed by atoms with E-state index in [1.807, 2.05) is 30.5 Å². The van der Waals surface area contributed by atoms with Crippen LogP contribution in [0.5, 0.6) is 11.5 Å². The lowest BCUT2D eigenvalue weighted by Gasteiger charge is -2.27. The molecular weight excluding hydrogens is 727 g/mol. The molecule has 4 aromatic rings. The van der Waals surface area contributed by atoms with E-state index in [2.05, 4.69) is 32.0 Å². The Labute approximate surface area is 331 Å². The molecule has 57 heavy (non-hydrogen) atoms. The SMILES string of the molecule is COc1cc(-c2cn(C)c(=O)c3cnccc23)cc(OC)c1CN(C)CCCCN1CCC2(CCN(c3ccc4c(c3)C(=O)N(C3CCC(=O)NC3=O)C4=O)C2)C1. The third-order valence-electron chi connectivity index (χ3n) is 12.3. The Hall–Kier alpha value is -5.60. The van der Waals surface area contributed by atoms with Gasteiger partial charge in [-0.1, -0.05) is 0 Å². The molecule has 2 unspecified atom stereocenters. The van der Waals surface area contributed by atoms with Gasteiger partial charge in [-0.25, -0.2) is 0 Å². The summed E-state index contributed by atoms with van der Waals surface area (Å²) in [7, 11) is 7.21. The molecule has 1 N–H and O–H groups in total. The fourth-order valence-corrected chi connectivity index (χ4v) is 9.27. The second kappa shape index (κ2) is 15.4. The van der Waals surface area contributed by atoms with Gasteiger partial charge in [-0.15, -0.1) is 0 Å². The third-order valence-corrected chi connectivity index (χ3v) is 12.3. The molecule has 0 aliphatic carbocycles. The first-order valence-electron chi connectivity index (χ1n) is 19.7. The third kappa shape index (κ3) is 7.16. The molecule has 6 heterocycles. The smallest absolute Gasteiger partial charge is 0.262 e. The van der Waals surface area contributed by atoms with Gasteiger partial charge in [0.15, 0.2) is 0 Å². The second-order valence-corrected chi connectivity index (χ2v) is 16.1. The molecule has 4 amide bonds. The summed E-state index contributed by atoms with van der Waals surface area (Å²) < 4.78 is 13.4. The summed E-state index contributed by atoms with van der Waals surface area (Å²) in [6.07, 6.45) is 9.70. The van der Waals surface area contributed by atoms with E-state index in [0.717, 1.165) is 109 Å². The fraction of sp³-hybridized carbons (Fsp3) is 0.442. The molecule has 4 aliphatic rings. The zero-order chi connectivity index (χ0) is 40.0. The summed E-state index contributed by atoms with van der Waals surface area (Å²) >= 11 is 0. The lowest BCUT2D eigenvalue weighted by atomic mass is 9.86. The standard InChI is InChI=1S/C43H49N7O7/c1-46(23-34-36(56-3)19-27(20-37(34)57-4)33-24-47(2)40(53)32-22-44-14-11-29(32)33)15-5-6-16-48-17-12-43(25-48)13-18-49(26-43)28-7-8-30-31(21-28)42(55)50(41(30)54)35-9-10-38(51)45-39(35)52/h7-8,11,14,19-22,24,35H,5-6,9-10,12-13,15-18,23,25-26H2,1-4H3,(H,45,51,52). The highest BCUT2D eigenvalue weighted by Gasteiger charge is 2.46. The average molecular weight is 776 g/mol. The number of unbranched alkanes of at least 4 members (excludes halogenated alkanes) is 1. The van der Waals surface area contributed by atoms with Gasteiger partial charge in [-0.2, -0.15) is 0 Å². The highest BCUT2D eigenvalue weighted by atomic mass is 16.5. The van der Waals surface area contributed by atoms with Crippen molar-refractivity contribution >= 4 is 40.1 Å². The summed E-state index contributed by atoms with van der Waals surface area (Å²) in [6.45, 7) is 6.47. The minimum Gasteiger partial charge on any atom is -0.496 e. The van der Waals surface area contributed by atoms with Crippen LogP contribution in [0.25, 0.3) is 21.9 Å². The highest BCUT2D eigenvalue weighted by Crippen LogP contribution is 2.42. The molecule has 3 fully saturated rings. The van der Waals surface area contributed by atoms with E-state index in [4.69, 9.17) is 9.47 Å². The van der Waals surface area contributed by atoms with Crippen LogP contribution in [0.15, 0.2) is 59.8 Å². The number of hydrogen-bond donors (Lipinski definition) is 1. The van der Waals surface area contributed by atoms with Crippen molar-refractivity contribution < 1.29 is 28.7 Å². The monoisotopic (exact) mass is 775 g/mol. The number of fused-ring (bicyclic) bond motifs is 2. The number of aromatic nitrogens is 2. The van der Waals surface area contributed by atoms with Crippen LogP contribution in [-0.4, -0.2) is 114 Å². The lowest BCUT2D eigenvalue weighted by molar-refractivity contribution is -0.136. The van der Waals surface area contributed by atoms with Crippen LogP contribution in [0.2, 0.25) is 0 Å². The van der Waals surface area contributed by atoms with E-state index in [9.17, 15) is 24.0 Å². The van der Waals surface area contributed by atoms with E-state index in [1.54, 1.807) is 50.4 Å². The maximum Gasteiger partial charge on any atom is 0.262 e. The van der Waals surface area contributed by atoms with E-state index in [0.29, 0.717) is 23.1 Å². The minimum absolute atomic E-state index is 0.0943. The predicted octanol–water partition coefficient (Wildman–Crippen LogP) is 3.83. The molecule has 4 aliphatic heterocycles. The molecule has 1 spiro atoms. The minimum atomic E-state index is -0.969. The van der Waals surface area contributed by atoms with Crippen molar-refractivity contribution in [2.75, 3.05) is 65.4 Å². The Morgan fingerprint density at radius 1 is 0.895 bits per heavy atom. The van der Waals surface area contributed by atoms with Crippen molar-refractivity contribution in [3.63, 3.8) is 0 Å². The van der Waals surface area contributed by atoms with Crippen molar-refractivity contribution in [2.24, 2.45) is 12.5 Å². The maximum absolute atomic E-state index is 13.4. The van der Waals surface area contributed by atoms with Gasteiger partial charge in [0.1, 0.15) is 17.5 Å². The summed E-state index contributed by atoms with van der Waals surface area (Å²) in [5.74, 6) is -0.479. The number of rotatable bonds is 12. The zero-order valence-corrected chi connectivity index (χ0v) is 33.0. The number of imide groups is 2. The molecule has 0 radical (unpaired) electrons. The van der Waals surface area contributed by atoms with Crippen molar-refractivity contribution in [3.8, 4) is 22.6 Å². The lowest BCUT2D eigenvalue weighted by Crippen LogP contribution is -2.54. The summed E-state index contributed by atoms with van der Waals surface area (Å²) in [6, 6.07) is 10.3. The van der Waals surface area contributed by atoms with Crippen molar-refractivity contribution in [1.29, 1.82) is 0 Å². The molecule has 3 saturated heterocycles. The van der Waals surface area contributed by atoms with Gasteiger partial charge in [-0.05, 0) is 106 Å². The Morgan fingerprint density at radius 3 is 2.40 bits per heavy atom. The number of ether oxygens (including phenoxy) is 2. The number of piperidine rings is 1. The van der Waals surface area contributed by atoms with Gasteiger partial charge in [0, 0.05) is 74.9 Å². The van der Waals surface area contributed by atoms with Gasteiger partial charge in [0.2, 0.25) is 11.8 Å². The first kappa shape index (κ1) is 38.3. The number of methoxy groups -OCH3 is 2.